The fourth-order valence-electron chi connectivity index (χ4n) is 1.39. The van der Waals surface area contributed by atoms with E-state index >= 15 is 0 Å². The summed E-state index contributed by atoms with van der Waals surface area (Å²) >= 11 is 0. The Balaban J connectivity index is 2.75. The number of carboxylic acid groups (broad SMARTS) is 1. The Hall–Kier alpha value is -1.84. The zero-order chi connectivity index (χ0) is 12.0. The maximum Gasteiger partial charge on any atom is 0.328 e. The summed E-state index contributed by atoms with van der Waals surface area (Å²) in [5.41, 5.74) is 0.486. The first kappa shape index (κ1) is 12.2. The van der Waals surface area contributed by atoms with Crippen molar-refractivity contribution in [2.45, 2.75) is 6.92 Å². The number of aliphatic carboxylic acids is 1. The first-order valence-corrected chi connectivity index (χ1v) is 5.04. The largest absolute Gasteiger partial charge is 0.478 e. The number of benzene rings is 1. The molecule has 0 spiro atoms. The van der Waals surface area contributed by atoms with Crippen LogP contribution < -0.4 is 4.90 Å². The summed E-state index contributed by atoms with van der Waals surface area (Å²) in [5, 5.41) is 8.44. The van der Waals surface area contributed by atoms with Crippen molar-refractivity contribution in [1.29, 1.82) is 0 Å². The molecule has 16 heavy (non-hydrogen) atoms. The van der Waals surface area contributed by atoms with Crippen molar-refractivity contribution < 1.29 is 14.3 Å². The van der Waals surface area contributed by atoms with E-state index in [1.54, 1.807) is 23.1 Å². The minimum absolute atomic E-state index is 0.298. The van der Waals surface area contributed by atoms with E-state index in [4.69, 9.17) is 5.11 Å². The Morgan fingerprint density at radius 2 is 2.19 bits per heavy atom. The van der Waals surface area contributed by atoms with E-state index in [0.29, 0.717) is 18.8 Å². The monoisotopic (exact) mass is 223 g/mol. The third-order valence-corrected chi connectivity index (χ3v) is 2.16. The summed E-state index contributed by atoms with van der Waals surface area (Å²) < 4.78 is 13.4. The lowest BCUT2D eigenvalue weighted by atomic mass is 10.2. The van der Waals surface area contributed by atoms with E-state index in [1.165, 1.54) is 12.1 Å². The van der Waals surface area contributed by atoms with Gasteiger partial charge in [-0.1, -0.05) is 18.2 Å². The van der Waals surface area contributed by atoms with Gasteiger partial charge in [0.05, 0.1) is 5.69 Å². The van der Waals surface area contributed by atoms with Gasteiger partial charge >= 0.3 is 5.97 Å². The highest BCUT2D eigenvalue weighted by Gasteiger charge is 2.07. The van der Waals surface area contributed by atoms with Gasteiger partial charge in [-0.05, 0) is 19.1 Å². The average molecular weight is 223 g/mol. The van der Waals surface area contributed by atoms with Crippen LogP contribution in [-0.4, -0.2) is 24.2 Å². The van der Waals surface area contributed by atoms with Gasteiger partial charge in [-0.2, -0.15) is 0 Å². The normalized spacial score (nSPS) is 10.6. The van der Waals surface area contributed by atoms with Gasteiger partial charge in [-0.15, -0.1) is 0 Å². The van der Waals surface area contributed by atoms with Gasteiger partial charge in [-0.25, -0.2) is 9.18 Å². The van der Waals surface area contributed by atoms with Crippen LogP contribution in [0.3, 0.4) is 0 Å². The highest BCUT2D eigenvalue weighted by atomic mass is 19.1. The number of hydrogen-bond acceptors (Lipinski definition) is 2. The molecule has 0 heterocycles. The van der Waals surface area contributed by atoms with Crippen LogP contribution in [0.1, 0.15) is 6.92 Å². The molecule has 3 nitrogen and oxygen atoms in total. The molecule has 1 aromatic rings. The average Bonchev–Trinajstić information content (AvgIpc) is 2.25. The highest BCUT2D eigenvalue weighted by Crippen LogP contribution is 2.17. The molecule has 0 bridgehead atoms. The predicted molar refractivity (Wildman–Crippen MR) is 61.1 cm³/mol. The summed E-state index contributed by atoms with van der Waals surface area (Å²) in [6, 6.07) is 6.44. The van der Waals surface area contributed by atoms with Crippen LogP contribution in [0.25, 0.3) is 0 Å². The third kappa shape index (κ3) is 3.38. The molecule has 0 atom stereocenters. The first-order valence-electron chi connectivity index (χ1n) is 5.04. The molecule has 0 unspecified atom stereocenters. The van der Waals surface area contributed by atoms with Crippen molar-refractivity contribution >= 4 is 11.7 Å². The Morgan fingerprint density at radius 1 is 1.50 bits per heavy atom. The smallest absolute Gasteiger partial charge is 0.328 e. The summed E-state index contributed by atoms with van der Waals surface area (Å²) in [6.07, 6.45) is 2.56. The van der Waals surface area contributed by atoms with Crippen molar-refractivity contribution in [1.82, 2.24) is 0 Å². The van der Waals surface area contributed by atoms with E-state index in [-0.39, 0.29) is 5.82 Å². The molecule has 0 aliphatic heterocycles. The number of halogens is 1. The van der Waals surface area contributed by atoms with Crippen LogP contribution in [0.15, 0.2) is 36.4 Å². The number of likely N-dealkylation sites (N-methyl/N-ethyl adjacent to an activating group) is 1. The zero-order valence-electron chi connectivity index (χ0n) is 9.06. The molecule has 0 saturated carbocycles. The number of rotatable bonds is 5. The first-order chi connectivity index (χ1) is 7.65. The van der Waals surface area contributed by atoms with Crippen molar-refractivity contribution in [2.75, 3.05) is 18.0 Å². The second-order valence-corrected chi connectivity index (χ2v) is 3.23. The van der Waals surface area contributed by atoms with Crippen LogP contribution in [0.5, 0.6) is 0 Å². The van der Waals surface area contributed by atoms with Crippen LogP contribution in [-0.2, 0) is 4.79 Å². The molecule has 86 valence electrons. The molecule has 1 N–H and O–H groups in total. The van der Waals surface area contributed by atoms with Gasteiger partial charge < -0.3 is 10.0 Å². The maximum atomic E-state index is 13.4. The maximum absolute atomic E-state index is 13.4. The van der Waals surface area contributed by atoms with Crippen LogP contribution >= 0.6 is 0 Å². The minimum atomic E-state index is -0.996. The quantitative estimate of drug-likeness (QED) is 0.778. The molecular formula is C12H14FNO2. The minimum Gasteiger partial charge on any atom is -0.478 e. The molecule has 0 aromatic heterocycles. The van der Waals surface area contributed by atoms with Gasteiger partial charge in [0.2, 0.25) is 0 Å². The van der Waals surface area contributed by atoms with Crippen LogP contribution in [0, 0.1) is 5.82 Å². The Kier molecular flexibility index (Phi) is 4.51. The number of para-hydroxylation sites is 1. The van der Waals surface area contributed by atoms with Gasteiger partial charge in [-0.3, -0.25) is 0 Å². The summed E-state index contributed by atoms with van der Waals surface area (Å²) in [7, 11) is 0. The zero-order valence-corrected chi connectivity index (χ0v) is 9.06. The summed E-state index contributed by atoms with van der Waals surface area (Å²) in [5.74, 6) is -1.29. The summed E-state index contributed by atoms with van der Waals surface area (Å²) in [4.78, 5) is 12.1. The molecule has 0 fully saturated rings. The van der Waals surface area contributed by atoms with Crippen LogP contribution in [0.2, 0.25) is 0 Å². The molecule has 0 radical (unpaired) electrons. The lowest BCUT2D eigenvalue weighted by Crippen LogP contribution is -2.23. The fraction of sp³-hybridized carbons (Fsp3) is 0.250. The van der Waals surface area contributed by atoms with Gasteiger partial charge in [0.1, 0.15) is 5.82 Å². The van der Waals surface area contributed by atoms with Gasteiger partial charge in [0.15, 0.2) is 0 Å². The van der Waals surface area contributed by atoms with E-state index in [0.717, 1.165) is 6.08 Å². The predicted octanol–water partition coefficient (Wildman–Crippen LogP) is 2.29. The lowest BCUT2D eigenvalue weighted by Gasteiger charge is -2.21. The Bertz CT molecular complexity index is 390. The highest BCUT2D eigenvalue weighted by molar-refractivity contribution is 5.79. The van der Waals surface area contributed by atoms with Crippen LogP contribution in [0.4, 0.5) is 10.1 Å². The van der Waals surface area contributed by atoms with E-state index in [1.807, 2.05) is 6.92 Å². The fourth-order valence-corrected chi connectivity index (χ4v) is 1.39. The number of carboxylic acids is 1. The number of anilines is 1. The van der Waals surface area contributed by atoms with Crippen molar-refractivity contribution in [3.8, 4) is 0 Å². The lowest BCUT2D eigenvalue weighted by molar-refractivity contribution is -0.131. The molecule has 1 aromatic carbocycles. The Morgan fingerprint density at radius 3 is 2.75 bits per heavy atom. The van der Waals surface area contributed by atoms with E-state index in [9.17, 15) is 9.18 Å². The van der Waals surface area contributed by atoms with Crippen molar-refractivity contribution in [3.63, 3.8) is 0 Å². The number of carbonyl (C=O) groups is 1. The second kappa shape index (κ2) is 5.90. The van der Waals surface area contributed by atoms with E-state index < -0.39 is 5.97 Å². The third-order valence-electron chi connectivity index (χ3n) is 2.16. The van der Waals surface area contributed by atoms with Crippen molar-refractivity contribution in [3.05, 3.63) is 42.2 Å². The molecular weight excluding hydrogens is 209 g/mol. The molecule has 4 heteroatoms. The summed E-state index contributed by atoms with van der Waals surface area (Å²) in [6.45, 7) is 2.88. The van der Waals surface area contributed by atoms with Crippen molar-refractivity contribution in [2.24, 2.45) is 0 Å². The SMILES string of the molecule is CCN(C/C=C/C(=O)O)c1ccccc1F. The number of hydrogen-bond donors (Lipinski definition) is 1. The second-order valence-electron chi connectivity index (χ2n) is 3.23. The topological polar surface area (TPSA) is 40.5 Å². The molecule has 0 aliphatic carbocycles. The number of nitrogens with zero attached hydrogens (tertiary/aromatic N) is 1. The molecule has 0 saturated heterocycles. The molecule has 0 aliphatic rings. The Labute approximate surface area is 93.8 Å². The molecule has 1 rings (SSSR count). The van der Waals surface area contributed by atoms with E-state index in [2.05, 4.69) is 0 Å². The van der Waals surface area contributed by atoms with Gasteiger partial charge in [0, 0.05) is 19.2 Å². The standard InChI is InChI=1S/C12H14FNO2/c1-2-14(9-5-8-12(15)16)11-7-4-3-6-10(11)13/h3-8H,2,9H2,1H3,(H,15,16)/b8-5+. The molecule has 0 amide bonds. The van der Waals surface area contributed by atoms with Gasteiger partial charge in [0.25, 0.3) is 0 Å².